The summed E-state index contributed by atoms with van der Waals surface area (Å²) >= 11 is 0. The second kappa shape index (κ2) is 6.99. The minimum Gasteiger partial charge on any atom is -0.455 e. The summed E-state index contributed by atoms with van der Waals surface area (Å²) in [4.78, 5) is 0.212. The van der Waals surface area contributed by atoms with Crippen LogP contribution in [0.5, 0.6) is 11.5 Å². The van der Waals surface area contributed by atoms with Crippen molar-refractivity contribution < 1.29 is 13.2 Å². The van der Waals surface area contributed by atoms with Gasteiger partial charge in [0.15, 0.2) is 5.75 Å². The van der Waals surface area contributed by atoms with Crippen LogP contribution in [-0.4, -0.2) is 8.42 Å². The Labute approximate surface area is 148 Å². The number of hydrogen-bond donors (Lipinski definition) is 1. The normalized spacial score (nSPS) is 11.1. The molecule has 1 N–H and O–H groups in total. The summed E-state index contributed by atoms with van der Waals surface area (Å²) in [6, 6.07) is 21.3. The van der Waals surface area contributed by atoms with Gasteiger partial charge >= 0.3 is 0 Å². The quantitative estimate of drug-likeness (QED) is 0.710. The van der Waals surface area contributed by atoms with Gasteiger partial charge in [-0.25, -0.2) is 8.42 Å². The molecule has 128 valence electrons. The molecule has 0 bridgehead atoms. The average molecular weight is 353 g/mol. The Morgan fingerprint density at radius 3 is 2.04 bits per heavy atom. The topological polar surface area (TPSA) is 55.4 Å². The Hall–Kier alpha value is -2.79. The van der Waals surface area contributed by atoms with E-state index in [1.807, 2.05) is 38.1 Å². The summed E-state index contributed by atoms with van der Waals surface area (Å²) in [6.07, 6.45) is 0. The number of benzene rings is 3. The van der Waals surface area contributed by atoms with Crippen LogP contribution >= 0.6 is 0 Å². The monoisotopic (exact) mass is 353 g/mol. The summed E-state index contributed by atoms with van der Waals surface area (Å²) in [5, 5.41) is 0. The van der Waals surface area contributed by atoms with E-state index < -0.39 is 10.0 Å². The molecule has 0 aromatic heterocycles. The second-order valence-corrected chi connectivity index (χ2v) is 7.46. The van der Waals surface area contributed by atoms with Crippen LogP contribution in [0.2, 0.25) is 0 Å². The minimum atomic E-state index is -3.68. The third-order valence-electron chi connectivity index (χ3n) is 3.78. The summed E-state index contributed by atoms with van der Waals surface area (Å²) in [5.41, 5.74) is 2.37. The van der Waals surface area contributed by atoms with Crippen molar-refractivity contribution >= 4 is 15.7 Å². The molecule has 3 aromatic rings. The Morgan fingerprint density at radius 2 is 1.36 bits per heavy atom. The third kappa shape index (κ3) is 4.00. The van der Waals surface area contributed by atoms with Crippen LogP contribution in [0, 0.1) is 13.8 Å². The molecule has 0 saturated heterocycles. The second-order valence-electron chi connectivity index (χ2n) is 5.78. The van der Waals surface area contributed by atoms with Gasteiger partial charge in [-0.05, 0) is 49.7 Å². The molecule has 0 heterocycles. The van der Waals surface area contributed by atoms with E-state index in [0.717, 1.165) is 11.1 Å². The highest BCUT2D eigenvalue weighted by molar-refractivity contribution is 7.92. The van der Waals surface area contributed by atoms with E-state index >= 15 is 0 Å². The molecular weight excluding hydrogens is 334 g/mol. The van der Waals surface area contributed by atoms with E-state index in [0.29, 0.717) is 17.2 Å². The van der Waals surface area contributed by atoms with Crippen molar-refractivity contribution in [3.8, 4) is 11.5 Å². The summed E-state index contributed by atoms with van der Waals surface area (Å²) in [6.45, 7) is 3.85. The molecule has 5 heteroatoms. The number of para-hydroxylation sites is 3. The summed E-state index contributed by atoms with van der Waals surface area (Å²) < 4.78 is 33.8. The number of rotatable bonds is 5. The Kier molecular flexibility index (Phi) is 4.76. The molecule has 0 amide bonds. The predicted octanol–water partition coefficient (Wildman–Crippen LogP) is 4.90. The predicted molar refractivity (Wildman–Crippen MR) is 99.7 cm³/mol. The molecule has 3 aromatic carbocycles. The zero-order valence-corrected chi connectivity index (χ0v) is 14.9. The number of sulfonamides is 1. The fourth-order valence-corrected chi connectivity index (χ4v) is 3.42. The van der Waals surface area contributed by atoms with Crippen LogP contribution < -0.4 is 9.46 Å². The highest BCUT2D eigenvalue weighted by Gasteiger charge is 2.16. The van der Waals surface area contributed by atoms with Gasteiger partial charge in [-0.1, -0.05) is 48.0 Å². The SMILES string of the molecule is Cc1ccc(S(=O)(=O)Nc2ccccc2Oc2ccccc2C)cc1. The lowest BCUT2D eigenvalue weighted by Gasteiger charge is -2.14. The van der Waals surface area contributed by atoms with Crippen LogP contribution in [0.15, 0.2) is 77.7 Å². The zero-order chi connectivity index (χ0) is 17.9. The molecule has 0 aliphatic carbocycles. The molecule has 0 saturated carbocycles. The van der Waals surface area contributed by atoms with Gasteiger partial charge in [-0.3, -0.25) is 4.72 Å². The highest BCUT2D eigenvalue weighted by Crippen LogP contribution is 2.32. The van der Waals surface area contributed by atoms with Crippen molar-refractivity contribution in [2.45, 2.75) is 18.7 Å². The van der Waals surface area contributed by atoms with E-state index in [9.17, 15) is 8.42 Å². The van der Waals surface area contributed by atoms with Gasteiger partial charge in [-0.2, -0.15) is 0 Å². The van der Waals surface area contributed by atoms with E-state index in [-0.39, 0.29) is 4.90 Å². The van der Waals surface area contributed by atoms with Crippen LogP contribution in [-0.2, 0) is 10.0 Å². The number of aryl methyl sites for hydroxylation is 2. The maximum atomic E-state index is 12.6. The Balaban J connectivity index is 1.91. The van der Waals surface area contributed by atoms with Crippen molar-refractivity contribution in [2.24, 2.45) is 0 Å². The molecular formula is C20H19NO3S. The van der Waals surface area contributed by atoms with Crippen LogP contribution in [0.4, 0.5) is 5.69 Å². The molecule has 0 unspecified atom stereocenters. The molecule has 0 atom stereocenters. The van der Waals surface area contributed by atoms with Crippen LogP contribution in [0.3, 0.4) is 0 Å². The largest absolute Gasteiger partial charge is 0.455 e. The first-order valence-electron chi connectivity index (χ1n) is 7.88. The van der Waals surface area contributed by atoms with Gasteiger partial charge in [0, 0.05) is 0 Å². The van der Waals surface area contributed by atoms with Crippen LogP contribution in [0.1, 0.15) is 11.1 Å². The van der Waals surface area contributed by atoms with Gasteiger partial charge in [0.25, 0.3) is 10.0 Å². The summed E-state index contributed by atoms with van der Waals surface area (Å²) in [7, 11) is -3.68. The van der Waals surface area contributed by atoms with Crippen molar-refractivity contribution in [1.29, 1.82) is 0 Å². The molecule has 25 heavy (non-hydrogen) atoms. The van der Waals surface area contributed by atoms with E-state index in [4.69, 9.17) is 4.74 Å². The van der Waals surface area contributed by atoms with Gasteiger partial charge in [0.1, 0.15) is 5.75 Å². The molecule has 0 spiro atoms. The first-order chi connectivity index (χ1) is 12.0. The fraction of sp³-hybridized carbons (Fsp3) is 0.100. The lowest BCUT2D eigenvalue weighted by atomic mass is 10.2. The third-order valence-corrected chi connectivity index (χ3v) is 5.16. The highest BCUT2D eigenvalue weighted by atomic mass is 32.2. The minimum absolute atomic E-state index is 0.212. The smallest absolute Gasteiger partial charge is 0.262 e. The van der Waals surface area contributed by atoms with Gasteiger partial charge in [0.05, 0.1) is 10.6 Å². The maximum Gasteiger partial charge on any atom is 0.262 e. The molecule has 0 aliphatic rings. The van der Waals surface area contributed by atoms with Crippen molar-refractivity contribution in [3.05, 3.63) is 83.9 Å². The van der Waals surface area contributed by atoms with E-state index in [1.165, 1.54) is 0 Å². The number of ether oxygens (including phenoxy) is 1. The molecule has 0 aliphatic heterocycles. The molecule has 0 radical (unpaired) electrons. The standard InChI is InChI=1S/C20H19NO3S/c1-15-11-13-17(14-12-15)25(22,23)21-18-8-4-6-10-20(18)24-19-9-5-3-7-16(19)2/h3-14,21H,1-2H3. The lowest BCUT2D eigenvalue weighted by molar-refractivity contribution is 0.481. The van der Waals surface area contributed by atoms with Crippen molar-refractivity contribution in [1.82, 2.24) is 0 Å². The van der Waals surface area contributed by atoms with Gasteiger partial charge in [0.2, 0.25) is 0 Å². The van der Waals surface area contributed by atoms with E-state index in [2.05, 4.69) is 4.72 Å². The number of hydrogen-bond acceptors (Lipinski definition) is 3. The van der Waals surface area contributed by atoms with Crippen molar-refractivity contribution in [3.63, 3.8) is 0 Å². The first-order valence-corrected chi connectivity index (χ1v) is 9.36. The van der Waals surface area contributed by atoms with Gasteiger partial charge in [-0.15, -0.1) is 0 Å². The number of nitrogens with one attached hydrogen (secondary N) is 1. The maximum absolute atomic E-state index is 12.6. The molecule has 3 rings (SSSR count). The zero-order valence-electron chi connectivity index (χ0n) is 14.1. The summed E-state index contributed by atoms with van der Waals surface area (Å²) in [5.74, 6) is 1.14. The first kappa shape index (κ1) is 17.0. The Bertz CT molecular complexity index is 980. The van der Waals surface area contributed by atoms with Crippen LogP contribution in [0.25, 0.3) is 0 Å². The molecule has 0 fully saturated rings. The fourth-order valence-electron chi connectivity index (χ4n) is 2.35. The van der Waals surface area contributed by atoms with E-state index in [1.54, 1.807) is 48.5 Å². The molecule has 4 nitrogen and oxygen atoms in total. The average Bonchev–Trinajstić information content (AvgIpc) is 2.59. The lowest BCUT2D eigenvalue weighted by Crippen LogP contribution is -2.13. The Morgan fingerprint density at radius 1 is 0.760 bits per heavy atom. The number of anilines is 1. The van der Waals surface area contributed by atoms with Crippen molar-refractivity contribution in [2.75, 3.05) is 4.72 Å². The van der Waals surface area contributed by atoms with Gasteiger partial charge < -0.3 is 4.74 Å².